The van der Waals surface area contributed by atoms with E-state index in [1.807, 2.05) is 43.1 Å². The Labute approximate surface area is 153 Å². The summed E-state index contributed by atoms with van der Waals surface area (Å²) in [5, 5.41) is 0. The fourth-order valence-electron chi connectivity index (χ4n) is 3.94. The maximum Gasteiger partial charge on any atom is 0.223 e. The predicted molar refractivity (Wildman–Crippen MR) is 101 cm³/mol. The number of hydrogen-bond acceptors (Lipinski definition) is 3. The van der Waals surface area contributed by atoms with Crippen molar-refractivity contribution in [3.8, 4) is 0 Å². The van der Waals surface area contributed by atoms with Gasteiger partial charge in [0.1, 0.15) is 11.6 Å². The molecule has 6 nitrogen and oxygen atoms in total. The van der Waals surface area contributed by atoms with Crippen molar-refractivity contribution in [1.82, 2.24) is 24.4 Å². The van der Waals surface area contributed by atoms with E-state index in [-0.39, 0.29) is 5.91 Å². The molecular weight excluding hydrogens is 326 g/mol. The van der Waals surface area contributed by atoms with Crippen LogP contribution in [0.5, 0.6) is 0 Å². The standard InChI is InChI=1S/C20H25N5O/c1-14-12-24(2)20(21-14)15-6-5-11-25(13-15)19(26)10-9-18-22-16-7-3-4-8-17(16)23-18/h3-4,7-8,12,15H,5-6,9-11,13H2,1-2H3,(H,22,23)/t15-/m0/s1. The van der Waals surface area contributed by atoms with E-state index < -0.39 is 0 Å². The molecule has 1 aromatic carbocycles. The molecule has 1 aliphatic rings. The summed E-state index contributed by atoms with van der Waals surface area (Å²) in [5.41, 5.74) is 3.02. The minimum absolute atomic E-state index is 0.209. The molecule has 136 valence electrons. The second-order valence-electron chi connectivity index (χ2n) is 7.23. The molecule has 26 heavy (non-hydrogen) atoms. The van der Waals surface area contributed by atoms with Gasteiger partial charge in [0, 0.05) is 45.1 Å². The molecule has 3 heterocycles. The van der Waals surface area contributed by atoms with E-state index in [1.54, 1.807) is 0 Å². The molecule has 1 N–H and O–H groups in total. The van der Waals surface area contributed by atoms with Gasteiger partial charge in [-0.25, -0.2) is 9.97 Å². The Morgan fingerprint density at radius 2 is 2.15 bits per heavy atom. The van der Waals surface area contributed by atoms with Crippen molar-refractivity contribution in [2.75, 3.05) is 13.1 Å². The summed E-state index contributed by atoms with van der Waals surface area (Å²) < 4.78 is 2.10. The Morgan fingerprint density at radius 1 is 1.31 bits per heavy atom. The number of rotatable bonds is 4. The Balaban J connectivity index is 1.38. The summed E-state index contributed by atoms with van der Waals surface area (Å²) in [5.74, 6) is 2.52. The number of nitrogens with zero attached hydrogens (tertiary/aromatic N) is 4. The Bertz CT molecular complexity index is 892. The van der Waals surface area contributed by atoms with Crippen molar-refractivity contribution >= 4 is 16.9 Å². The van der Waals surface area contributed by atoms with Crippen LogP contribution in [0.3, 0.4) is 0 Å². The van der Waals surface area contributed by atoms with Crippen molar-refractivity contribution in [2.45, 2.75) is 38.5 Å². The molecule has 0 unspecified atom stereocenters. The first-order valence-corrected chi connectivity index (χ1v) is 9.31. The summed E-state index contributed by atoms with van der Waals surface area (Å²) in [6, 6.07) is 7.97. The molecule has 3 aromatic rings. The fraction of sp³-hybridized carbons (Fsp3) is 0.450. The van der Waals surface area contributed by atoms with Gasteiger partial charge < -0.3 is 14.5 Å². The summed E-state index contributed by atoms with van der Waals surface area (Å²) >= 11 is 0. The molecule has 1 fully saturated rings. The van der Waals surface area contributed by atoms with Gasteiger partial charge in [0.2, 0.25) is 5.91 Å². The van der Waals surface area contributed by atoms with Crippen LogP contribution in [-0.2, 0) is 18.3 Å². The van der Waals surface area contributed by atoms with Crippen LogP contribution in [0.4, 0.5) is 0 Å². The van der Waals surface area contributed by atoms with Gasteiger partial charge in [0.05, 0.1) is 16.7 Å². The number of amides is 1. The molecule has 2 aromatic heterocycles. The average molecular weight is 351 g/mol. The number of aromatic amines is 1. The molecule has 0 aliphatic carbocycles. The van der Waals surface area contributed by atoms with Crippen molar-refractivity contribution < 1.29 is 4.79 Å². The van der Waals surface area contributed by atoms with E-state index in [0.717, 1.165) is 54.3 Å². The van der Waals surface area contributed by atoms with Gasteiger partial charge in [0.25, 0.3) is 0 Å². The van der Waals surface area contributed by atoms with Crippen LogP contribution in [0.2, 0.25) is 0 Å². The smallest absolute Gasteiger partial charge is 0.223 e. The van der Waals surface area contributed by atoms with Gasteiger partial charge >= 0.3 is 0 Å². The van der Waals surface area contributed by atoms with E-state index in [4.69, 9.17) is 0 Å². The summed E-state index contributed by atoms with van der Waals surface area (Å²) in [6.45, 7) is 3.63. The molecule has 0 radical (unpaired) electrons. The minimum atomic E-state index is 0.209. The molecular formula is C20H25N5O. The summed E-state index contributed by atoms with van der Waals surface area (Å²) in [6.07, 6.45) is 5.32. The maximum absolute atomic E-state index is 12.7. The van der Waals surface area contributed by atoms with Crippen molar-refractivity contribution in [1.29, 1.82) is 0 Å². The molecule has 0 spiro atoms. The lowest BCUT2D eigenvalue weighted by Gasteiger charge is -2.32. The van der Waals surface area contributed by atoms with Crippen LogP contribution in [0.25, 0.3) is 11.0 Å². The fourth-order valence-corrected chi connectivity index (χ4v) is 3.94. The molecule has 4 rings (SSSR count). The first-order chi connectivity index (χ1) is 12.6. The first kappa shape index (κ1) is 16.8. The minimum Gasteiger partial charge on any atom is -0.342 e. The molecule has 6 heteroatoms. The number of hydrogen-bond donors (Lipinski definition) is 1. The number of piperidine rings is 1. The van der Waals surface area contributed by atoms with Gasteiger partial charge in [-0.2, -0.15) is 0 Å². The van der Waals surface area contributed by atoms with Crippen LogP contribution in [0.15, 0.2) is 30.5 Å². The van der Waals surface area contributed by atoms with Crippen LogP contribution < -0.4 is 0 Å². The molecule has 1 aliphatic heterocycles. The third-order valence-corrected chi connectivity index (χ3v) is 5.19. The zero-order valence-corrected chi connectivity index (χ0v) is 15.4. The number of aromatic nitrogens is 4. The van der Waals surface area contributed by atoms with E-state index in [9.17, 15) is 4.79 Å². The van der Waals surface area contributed by atoms with Crippen molar-refractivity contribution in [2.24, 2.45) is 7.05 Å². The van der Waals surface area contributed by atoms with Crippen LogP contribution in [0.1, 0.15) is 42.5 Å². The highest BCUT2D eigenvalue weighted by Crippen LogP contribution is 2.26. The number of carbonyl (C=O) groups is 1. The van der Waals surface area contributed by atoms with Crippen LogP contribution >= 0.6 is 0 Å². The average Bonchev–Trinajstić information content (AvgIpc) is 3.21. The zero-order chi connectivity index (χ0) is 18.1. The highest BCUT2D eigenvalue weighted by Gasteiger charge is 2.27. The van der Waals surface area contributed by atoms with Crippen LogP contribution in [0, 0.1) is 6.92 Å². The van der Waals surface area contributed by atoms with Crippen LogP contribution in [-0.4, -0.2) is 43.4 Å². The van der Waals surface area contributed by atoms with Gasteiger partial charge in [-0.1, -0.05) is 12.1 Å². The summed E-state index contributed by atoms with van der Waals surface area (Å²) in [7, 11) is 2.04. The number of nitrogens with one attached hydrogen (secondary N) is 1. The second kappa shape index (κ2) is 6.94. The Morgan fingerprint density at radius 3 is 2.92 bits per heavy atom. The SMILES string of the molecule is Cc1cn(C)c([C@H]2CCCN(C(=O)CCc3nc4ccccc4[nH]3)C2)n1. The third-order valence-electron chi connectivity index (χ3n) is 5.19. The van der Waals surface area contributed by atoms with Gasteiger partial charge in [-0.15, -0.1) is 0 Å². The van der Waals surface area contributed by atoms with E-state index in [0.29, 0.717) is 18.8 Å². The number of H-pyrrole nitrogens is 1. The highest BCUT2D eigenvalue weighted by atomic mass is 16.2. The summed E-state index contributed by atoms with van der Waals surface area (Å²) in [4.78, 5) is 27.2. The van der Waals surface area contributed by atoms with Gasteiger partial charge in [-0.3, -0.25) is 4.79 Å². The quantitative estimate of drug-likeness (QED) is 0.786. The molecule has 0 saturated carbocycles. The first-order valence-electron chi connectivity index (χ1n) is 9.31. The Hall–Kier alpha value is -2.63. The van der Waals surface area contributed by atoms with Gasteiger partial charge in [-0.05, 0) is 31.9 Å². The Kier molecular flexibility index (Phi) is 4.49. The second-order valence-corrected chi connectivity index (χ2v) is 7.23. The molecule has 1 saturated heterocycles. The maximum atomic E-state index is 12.7. The highest BCUT2D eigenvalue weighted by molar-refractivity contribution is 5.77. The normalized spacial score (nSPS) is 17.8. The number of likely N-dealkylation sites (tertiary alicyclic amines) is 1. The lowest BCUT2D eigenvalue weighted by Crippen LogP contribution is -2.39. The number of benzene rings is 1. The number of carbonyl (C=O) groups excluding carboxylic acids is 1. The monoisotopic (exact) mass is 351 g/mol. The van der Waals surface area contributed by atoms with Crippen molar-refractivity contribution in [3.05, 3.63) is 47.8 Å². The molecule has 1 amide bonds. The topological polar surface area (TPSA) is 66.8 Å². The third kappa shape index (κ3) is 3.36. The lowest BCUT2D eigenvalue weighted by atomic mass is 9.96. The largest absolute Gasteiger partial charge is 0.342 e. The number of para-hydroxylation sites is 2. The predicted octanol–water partition coefficient (Wildman–Crippen LogP) is 2.94. The molecule has 1 atom stereocenters. The van der Waals surface area contributed by atoms with E-state index in [2.05, 4.69) is 25.7 Å². The number of aryl methyl sites for hydroxylation is 3. The van der Waals surface area contributed by atoms with Crippen molar-refractivity contribution in [3.63, 3.8) is 0 Å². The number of imidazole rings is 2. The van der Waals surface area contributed by atoms with E-state index in [1.165, 1.54) is 0 Å². The molecule has 0 bridgehead atoms. The lowest BCUT2D eigenvalue weighted by molar-refractivity contribution is -0.132. The number of fused-ring (bicyclic) bond motifs is 1. The zero-order valence-electron chi connectivity index (χ0n) is 15.4. The van der Waals surface area contributed by atoms with Gasteiger partial charge in [0.15, 0.2) is 0 Å². The van der Waals surface area contributed by atoms with E-state index >= 15 is 0 Å².